The molecule has 2 amide bonds. The standard InChI is InChI=1S/C13H15BrN2O4/c14-10-6-8(12(18)19)3-4-11(10)15-13(20)16-5-1-2-9(16)7-17/h3-4,6,9,17H,1-2,5,7H2,(H,15,20)(H,18,19). The van der Waals surface area contributed by atoms with Gasteiger partial charge in [-0.2, -0.15) is 0 Å². The van der Waals surface area contributed by atoms with Gasteiger partial charge in [0.25, 0.3) is 0 Å². The number of anilines is 1. The Balaban J connectivity index is 2.10. The third-order valence-electron chi connectivity index (χ3n) is 3.31. The number of nitrogens with one attached hydrogen (secondary N) is 1. The van der Waals surface area contributed by atoms with Gasteiger partial charge >= 0.3 is 12.0 Å². The quantitative estimate of drug-likeness (QED) is 0.784. The molecule has 1 saturated heterocycles. The van der Waals surface area contributed by atoms with E-state index in [0.29, 0.717) is 16.7 Å². The van der Waals surface area contributed by atoms with E-state index in [-0.39, 0.29) is 24.2 Å². The van der Waals surface area contributed by atoms with Crippen LogP contribution in [0.15, 0.2) is 22.7 Å². The van der Waals surface area contributed by atoms with Crippen molar-refractivity contribution in [3.05, 3.63) is 28.2 Å². The Hall–Kier alpha value is -1.60. The molecule has 0 aromatic heterocycles. The van der Waals surface area contributed by atoms with Crippen LogP contribution in [-0.4, -0.2) is 46.3 Å². The van der Waals surface area contributed by atoms with E-state index >= 15 is 0 Å². The van der Waals surface area contributed by atoms with Crippen molar-refractivity contribution in [2.45, 2.75) is 18.9 Å². The second-order valence-electron chi connectivity index (χ2n) is 4.60. The van der Waals surface area contributed by atoms with E-state index < -0.39 is 5.97 Å². The molecule has 1 heterocycles. The highest BCUT2D eigenvalue weighted by atomic mass is 79.9. The number of aliphatic hydroxyl groups is 1. The Kier molecular flexibility index (Phi) is 4.61. The number of hydrogen-bond acceptors (Lipinski definition) is 3. The molecule has 2 rings (SSSR count). The van der Waals surface area contributed by atoms with E-state index in [2.05, 4.69) is 21.2 Å². The minimum Gasteiger partial charge on any atom is -0.478 e. The Bertz CT molecular complexity index is 535. The van der Waals surface area contributed by atoms with Gasteiger partial charge in [-0.3, -0.25) is 0 Å². The number of carbonyl (C=O) groups is 2. The molecule has 20 heavy (non-hydrogen) atoms. The molecule has 1 aromatic carbocycles. The van der Waals surface area contributed by atoms with E-state index in [9.17, 15) is 14.7 Å². The van der Waals surface area contributed by atoms with Crippen LogP contribution < -0.4 is 5.32 Å². The highest BCUT2D eigenvalue weighted by molar-refractivity contribution is 9.10. The summed E-state index contributed by atoms with van der Waals surface area (Å²) in [5.41, 5.74) is 0.646. The molecule has 108 valence electrons. The number of likely N-dealkylation sites (tertiary alicyclic amines) is 1. The van der Waals surface area contributed by atoms with Gasteiger partial charge in [0.15, 0.2) is 0 Å². The van der Waals surface area contributed by atoms with Crippen molar-refractivity contribution in [3.8, 4) is 0 Å². The maximum absolute atomic E-state index is 12.1. The lowest BCUT2D eigenvalue weighted by Crippen LogP contribution is -2.40. The number of aromatic carboxylic acids is 1. The zero-order valence-corrected chi connectivity index (χ0v) is 12.3. The van der Waals surface area contributed by atoms with Crippen LogP contribution in [0.5, 0.6) is 0 Å². The zero-order chi connectivity index (χ0) is 14.7. The molecule has 0 spiro atoms. The Morgan fingerprint density at radius 1 is 1.45 bits per heavy atom. The number of benzene rings is 1. The van der Waals surface area contributed by atoms with Gasteiger partial charge in [-0.15, -0.1) is 0 Å². The van der Waals surface area contributed by atoms with Gasteiger partial charge in [-0.1, -0.05) is 0 Å². The summed E-state index contributed by atoms with van der Waals surface area (Å²) in [5.74, 6) is -1.02. The first kappa shape index (κ1) is 14.8. The number of halogens is 1. The van der Waals surface area contributed by atoms with E-state index in [1.807, 2.05) is 0 Å². The predicted molar refractivity (Wildman–Crippen MR) is 76.9 cm³/mol. The van der Waals surface area contributed by atoms with Gasteiger partial charge in [-0.25, -0.2) is 9.59 Å². The third-order valence-corrected chi connectivity index (χ3v) is 3.96. The fourth-order valence-corrected chi connectivity index (χ4v) is 2.71. The molecule has 7 heteroatoms. The normalized spacial score (nSPS) is 18.1. The number of aliphatic hydroxyl groups excluding tert-OH is 1. The monoisotopic (exact) mass is 342 g/mol. The Morgan fingerprint density at radius 3 is 2.80 bits per heavy atom. The molecule has 1 fully saturated rings. The number of hydrogen-bond donors (Lipinski definition) is 3. The van der Waals surface area contributed by atoms with Crippen LogP contribution in [0.4, 0.5) is 10.5 Å². The maximum atomic E-state index is 12.1. The highest BCUT2D eigenvalue weighted by Crippen LogP contribution is 2.25. The van der Waals surface area contributed by atoms with Crippen LogP contribution in [-0.2, 0) is 0 Å². The van der Waals surface area contributed by atoms with Gasteiger partial charge in [0.1, 0.15) is 0 Å². The molecule has 0 saturated carbocycles. The fourth-order valence-electron chi connectivity index (χ4n) is 2.23. The number of amides is 2. The number of nitrogens with zero attached hydrogens (tertiary/aromatic N) is 1. The average molecular weight is 343 g/mol. The second kappa shape index (κ2) is 6.23. The summed E-state index contributed by atoms with van der Waals surface area (Å²) in [5, 5.41) is 20.8. The largest absolute Gasteiger partial charge is 0.478 e. The first-order valence-corrected chi connectivity index (χ1v) is 7.03. The maximum Gasteiger partial charge on any atom is 0.335 e. The highest BCUT2D eigenvalue weighted by Gasteiger charge is 2.28. The van der Waals surface area contributed by atoms with Crippen molar-refractivity contribution in [2.24, 2.45) is 0 Å². The average Bonchev–Trinajstić information content (AvgIpc) is 2.89. The summed E-state index contributed by atoms with van der Waals surface area (Å²) < 4.78 is 0.505. The van der Waals surface area contributed by atoms with Crippen molar-refractivity contribution in [1.82, 2.24) is 4.90 Å². The molecule has 6 nitrogen and oxygen atoms in total. The SMILES string of the molecule is O=C(O)c1ccc(NC(=O)N2CCCC2CO)c(Br)c1. The lowest BCUT2D eigenvalue weighted by atomic mass is 10.2. The fraction of sp³-hybridized carbons (Fsp3) is 0.385. The van der Waals surface area contributed by atoms with Crippen LogP contribution in [0.25, 0.3) is 0 Å². The van der Waals surface area contributed by atoms with Gasteiger partial charge in [-0.05, 0) is 47.0 Å². The molecule has 1 atom stereocenters. The summed E-state index contributed by atoms with van der Waals surface area (Å²) in [6, 6.07) is 3.97. The lowest BCUT2D eigenvalue weighted by molar-refractivity contribution is 0.0697. The summed E-state index contributed by atoms with van der Waals surface area (Å²) in [7, 11) is 0. The topological polar surface area (TPSA) is 89.9 Å². The minimum atomic E-state index is -1.02. The molecule has 0 radical (unpaired) electrons. The zero-order valence-electron chi connectivity index (χ0n) is 10.7. The van der Waals surface area contributed by atoms with Crippen molar-refractivity contribution in [3.63, 3.8) is 0 Å². The third kappa shape index (κ3) is 3.10. The van der Waals surface area contributed by atoms with Crippen LogP contribution in [0, 0.1) is 0 Å². The van der Waals surface area contributed by atoms with Crippen LogP contribution >= 0.6 is 15.9 Å². The Morgan fingerprint density at radius 2 is 2.20 bits per heavy atom. The van der Waals surface area contributed by atoms with E-state index in [1.165, 1.54) is 18.2 Å². The number of carbonyl (C=O) groups excluding carboxylic acids is 1. The number of urea groups is 1. The molecular weight excluding hydrogens is 328 g/mol. The molecule has 1 aromatic rings. The number of carboxylic acids is 1. The lowest BCUT2D eigenvalue weighted by Gasteiger charge is -2.23. The molecule has 1 unspecified atom stereocenters. The molecule has 1 aliphatic rings. The van der Waals surface area contributed by atoms with Crippen LogP contribution in [0.2, 0.25) is 0 Å². The minimum absolute atomic E-state index is 0.0491. The molecule has 3 N–H and O–H groups in total. The molecule has 0 aliphatic carbocycles. The summed E-state index contributed by atoms with van der Waals surface area (Å²) >= 11 is 3.24. The molecule has 1 aliphatic heterocycles. The van der Waals surface area contributed by atoms with E-state index in [0.717, 1.165) is 12.8 Å². The number of carboxylic acid groups (broad SMARTS) is 1. The van der Waals surface area contributed by atoms with Crippen LogP contribution in [0.1, 0.15) is 23.2 Å². The predicted octanol–water partition coefficient (Wildman–Crippen LogP) is 2.14. The van der Waals surface area contributed by atoms with Crippen molar-refractivity contribution in [2.75, 3.05) is 18.5 Å². The molecule has 0 bridgehead atoms. The van der Waals surface area contributed by atoms with Crippen LogP contribution in [0.3, 0.4) is 0 Å². The van der Waals surface area contributed by atoms with E-state index in [4.69, 9.17) is 5.11 Å². The van der Waals surface area contributed by atoms with Crippen molar-refractivity contribution < 1.29 is 19.8 Å². The van der Waals surface area contributed by atoms with Gasteiger partial charge in [0, 0.05) is 11.0 Å². The van der Waals surface area contributed by atoms with E-state index in [1.54, 1.807) is 4.90 Å². The smallest absolute Gasteiger partial charge is 0.335 e. The van der Waals surface area contributed by atoms with Crippen molar-refractivity contribution in [1.29, 1.82) is 0 Å². The second-order valence-corrected chi connectivity index (χ2v) is 5.46. The number of rotatable bonds is 3. The first-order chi connectivity index (χ1) is 9.52. The van der Waals surface area contributed by atoms with Gasteiger partial charge < -0.3 is 20.4 Å². The molecular formula is C13H15BrN2O4. The van der Waals surface area contributed by atoms with Gasteiger partial charge in [0.2, 0.25) is 0 Å². The summed E-state index contributed by atoms with van der Waals surface area (Å²) in [4.78, 5) is 24.5. The summed E-state index contributed by atoms with van der Waals surface area (Å²) in [6.07, 6.45) is 1.67. The first-order valence-electron chi connectivity index (χ1n) is 6.24. The summed E-state index contributed by atoms with van der Waals surface area (Å²) in [6.45, 7) is 0.564. The van der Waals surface area contributed by atoms with Gasteiger partial charge in [0.05, 0.1) is 23.9 Å². The van der Waals surface area contributed by atoms with Crippen molar-refractivity contribution >= 4 is 33.6 Å². The Labute approximate surface area is 124 Å².